The second-order valence-electron chi connectivity index (χ2n) is 7.11. The van der Waals surface area contributed by atoms with Crippen molar-refractivity contribution in [2.24, 2.45) is 5.92 Å². The van der Waals surface area contributed by atoms with Gasteiger partial charge in [-0.2, -0.15) is 13.2 Å². The van der Waals surface area contributed by atoms with Crippen molar-refractivity contribution in [3.8, 4) is 0 Å². The summed E-state index contributed by atoms with van der Waals surface area (Å²) in [5, 5.41) is 7.12. The lowest BCUT2D eigenvalue weighted by Gasteiger charge is -2.44. The van der Waals surface area contributed by atoms with Gasteiger partial charge in [-0.05, 0) is 25.3 Å². The van der Waals surface area contributed by atoms with Gasteiger partial charge in [-0.25, -0.2) is 14.8 Å². The molecule has 162 valence electrons. The van der Waals surface area contributed by atoms with Crippen LogP contribution >= 0.6 is 0 Å². The number of morpholine rings is 1. The van der Waals surface area contributed by atoms with Gasteiger partial charge in [0.25, 0.3) is 0 Å². The number of anilines is 1. The molecule has 2 aliphatic rings. The minimum atomic E-state index is -5.08. The van der Waals surface area contributed by atoms with Gasteiger partial charge < -0.3 is 19.5 Å². The highest BCUT2D eigenvalue weighted by Gasteiger charge is 2.47. The first kappa shape index (κ1) is 23.1. The molecular weight excluding hydrogens is 391 g/mol. The molecule has 0 radical (unpaired) electrons. The topological polar surface area (TPSA) is 84.8 Å². The maximum absolute atomic E-state index is 10.6. The molecule has 1 saturated carbocycles. The Bertz CT molecular complexity index is 684. The average molecular weight is 417 g/mol. The monoisotopic (exact) mass is 417 g/mol. The van der Waals surface area contributed by atoms with Gasteiger partial charge in [0.1, 0.15) is 0 Å². The average Bonchev–Trinajstić information content (AvgIpc) is 3.04. The molecule has 0 aromatic carbocycles. The first-order chi connectivity index (χ1) is 13.7. The highest BCUT2D eigenvalue weighted by molar-refractivity contribution is 5.73. The number of rotatable bonds is 5. The smallest absolute Gasteiger partial charge is 0.475 e. The normalized spacial score (nSPS) is 24.1. The van der Waals surface area contributed by atoms with E-state index in [1.165, 1.54) is 12.8 Å². The molecule has 2 heterocycles. The van der Waals surface area contributed by atoms with Crippen molar-refractivity contribution < 1.29 is 32.5 Å². The SMILES string of the molecule is C=CCOC[C@@H]1CCC[C@@]12CN(c1ncc(C)cn1)CCO2.O=C(O)C(F)(F)F. The molecule has 1 aliphatic heterocycles. The van der Waals surface area contributed by atoms with Crippen molar-refractivity contribution in [1.82, 2.24) is 9.97 Å². The summed E-state index contributed by atoms with van der Waals surface area (Å²) < 4.78 is 43.7. The van der Waals surface area contributed by atoms with Crippen LogP contribution < -0.4 is 4.90 Å². The molecule has 0 bridgehead atoms. The summed E-state index contributed by atoms with van der Waals surface area (Å²) in [6.07, 6.45) is 3.94. The summed E-state index contributed by atoms with van der Waals surface area (Å²) in [7, 11) is 0. The Kier molecular flexibility index (Phi) is 7.97. The van der Waals surface area contributed by atoms with Gasteiger partial charge in [-0.3, -0.25) is 0 Å². The van der Waals surface area contributed by atoms with Gasteiger partial charge in [0.05, 0.1) is 32.0 Å². The van der Waals surface area contributed by atoms with Crippen molar-refractivity contribution in [2.45, 2.75) is 38.0 Å². The third-order valence-corrected chi connectivity index (χ3v) is 4.95. The number of ether oxygens (including phenoxy) is 2. The van der Waals surface area contributed by atoms with E-state index in [0.717, 1.165) is 44.2 Å². The Morgan fingerprint density at radius 3 is 2.72 bits per heavy atom. The van der Waals surface area contributed by atoms with Gasteiger partial charge in [-0.15, -0.1) is 6.58 Å². The Morgan fingerprint density at radius 1 is 1.48 bits per heavy atom. The van der Waals surface area contributed by atoms with E-state index in [4.69, 9.17) is 19.4 Å². The van der Waals surface area contributed by atoms with Crippen LogP contribution in [0.5, 0.6) is 0 Å². The number of nitrogens with zero attached hydrogens (tertiary/aromatic N) is 3. The lowest BCUT2D eigenvalue weighted by molar-refractivity contribution is -0.192. The molecule has 7 nitrogen and oxygen atoms in total. The molecular formula is C19H26F3N3O4. The van der Waals surface area contributed by atoms with Crippen LogP contribution in [-0.2, 0) is 14.3 Å². The van der Waals surface area contributed by atoms with E-state index in [1.807, 2.05) is 19.3 Å². The largest absolute Gasteiger partial charge is 0.490 e. The maximum Gasteiger partial charge on any atom is 0.490 e. The highest BCUT2D eigenvalue weighted by atomic mass is 19.4. The first-order valence-electron chi connectivity index (χ1n) is 9.34. The quantitative estimate of drug-likeness (QED) is 0.582. The zero-order chi connectivity index (χ0) is 21.5. The van der Waals surface area contributed by atoms with Crippen LogP contribution in [0.25, 0.3) is 0 Å². The fraction of sp³-hybridized carbons (Fsp3) is 0.632. The standard InChI is InChI=1S/C17H25N3O2.C2HF3O2/c1-3-8-21-12-15-5-4-6-17(15)13-20(7-9-22-17)16-18-10-14(2)11-19-16;3-2(4,5)1(6)7/h3,10-11,15H,1,4-9,12-13H2,2H3;(H,6,7)/t15-,17+;/m0./s1. The molecule has 1 aromatic heterocycles. The van der Waals surface area contributed by atoms with Gasteiger partial charge in [0.15, 0.2) is 0 Å². The molecule has 1 spiro atoms. The lowest BCUT2D eigenvalue weighted by atomic mass is 9.89. The summed E-state index contributed by atoms with van der Waals surface area (Å²) in [6.45, 7) is 9.51. The van der Waals surface area contributed by atoms with Crippen LogP contribution in [0.1, 0.15) is 24.8 Å². The Hall–Kier alpha value is -2.20. The summed E-state index contributed by atoms with van der Waals surface area (Å²) >= 11 is 0. The van der Waals surface area contributed by atoms with Crippen molar-refractivity contribution in [3.05, 3.63) is 30.6 Å². The lowest BCUT2D eigenvalue weighted by Crippen LogP contribution is -2.55. The third-order valence-electron chi connectivity index (χ3n) is 4.95. The fourth-order valence-electron chi connectivity index (χ4n) is 3.57. The summed E-state index contributed by atoms with van der Waals surface area (Å²) in [6, 6.07) is 0. The van der Waals surface area contributed by atoms with E-state index in [-0.39, 0.29) is 5.60 Å². The number of halogens is 3. The number of carbonyl (C=O) groups is 1. The van der Waals surface area contributed by atoms with E-state index in [2.05, 4.69) is 21.4 Å². The Morgan fingerprint density at radius 2 is 2.14 bits per heavy atom. The number of carboxylic acids is 1. The van der Waals surface area contributed by atoms with E-state index >= 15 is 0 Å². The molecule has 0 amide bonds. The van der Waals surface area contributed by atoms with Crippen LogP contribution in [-0.4, -0.2) is 65.7 Å². The Balaban J connectivity index is 0.000000370. The van der Waals surface area contributed by atoms with E-state index in [1.54, 1.807) is 6.08 Å². The molecule has 0 unspecified atom stereocenters. The first-order valence-corrected chi connectivity index (χ1v) is 9.34. The molecule has 10 heteroatoms. The number of aliphatic carboxylic acids is 1. The van der Waals surface area contributed by atoms with Crippen molar-refractivity contribution in [2.75, 3.05) is 37.8 Å². The molecule has 2 fully saturated rings. The van der Waals surface area contributed by atoms with Crippen LogP contribution in [0.3, 0.4) is 0 Å². The maximum atomic E-state index is 10.6. The molecule has 1 aliphatic carbocycles. The number of hydrogen-bond acceptors (Lipinski definition) is 6. The summed E-state index contributed by atoms with van der Waals surface area (Å²) in [4.78, 5) is 20.1. The van der Waals surface area contributed by atoms with E-state index in [9.17, 15) is 13.2 Å². The number of aryl methyl sites for hydroxylation is 1. The molecule has 1 saturated heterocycles. The molecule has 29 heavy (non-hydrogen) atoms. The van der Waals surface area contributed by atoms with Crippen LogP contribution in [0.2, 0.25) is 0 Å². The number of aromatic nitrogens is 2. The Labute approximate surface area is 167 Å². The minimum absolute atomic E-state index is 0.104. The second kappa shape index (κ2) is 10.0. The van der Waals surface area contributed by atoms with Crippen LogP contribution in [0.4, 0.5) is 19.1 Å². The fourth-order valence-corrected chi connectivity index (χ4v) is 3.57. The summed E-state index contributed by atoms with van der Waals surface area (Å²) in [5.41, 5.74) is 0.983. The highest BCUT2D eigenvalue weighted by Crippen LogP contribution is 2.41. The second-order valence-corrected chi connectivity index (χ2v) is 7.11. The van der Waals surface area contributed by atoms with Crippen LogP contribution in [0, 0.1) is 12.8 Å². The summed E-state index contributed by atoms with van der Waals surface area (Å²) in [5.74, 6) is -1.50. The van der Waals surface area contributed by atoms with Gasteiger partial charge in [-0.1, -0.05) is 12.5 Å². The predicted octanol–water partition coefficient (Wildman–Crippen LogP) is 3.00. The zero-order valence-corrected chi connectivity index (χ0v) is 16.3. The van der Waals surface area contributed by atoms with Crippen molar-refractivity contribution in [3.63, 3.8) is 0 Å². The van der Waals surface area contributed by atoms with Crippen molar-refractivity contribution >= 4 is 11.9 Å². The molecule has 3 rings (SSSR count). The number of hydrogen-bond donors (Lipinski definition) is 1. The van der Waals surface area contributed by atoms with E-state index < -0.39 is 12.1 Å². The molecule has 1 N–H and O–H groups in total. The minimum Gasteiger partial charge on any atom is -0.475 e. The molecule has 1 aromatic rings. The molecule has 2 atom stereocenters. The van der Waals surface area contributed by atoms with Crippen LogP contribution in [0.15, 0.2) is 25.0 Å². The van der Waals surface area contributed by atoms with E-state index in [0.29, 0.717) is 12.5 Å². The van der Waals surface area contributed by atoms with Gasteiger partial charge in [0, 0.05) is 24.9 Å². The number of alkyl halides is 3. The van der Waals surface area contributed by atoms with Gasteiger partial charge >= 0.3 is 12.1 Å². The van der Waals surface area contributed by atoms with Gasteiger partial charge in [0.2, 0.25) is 5.95 Å². The predicted molar refractivity (Wildman–Crippen MR) is 99.7 cm³/mol. The number of carboxylic acid groups (broad SMARTS) is 1. The third kappa shape index (κ3) is 6.40. The zero-order valence-electron chi connectivity index (χ0n) is 16.3. The van der Waals surface area contributed by atoms with Crippen molar-refractivity contribution in [1.29, 1.82) is 0 Å².